The summed E-state index contributed by atoms with van der Waals surface area (Å²) < 4.78 is 0. The fourth-order valence-corrected chi connectivity index (χ4v) is 1.50. The molecule has 0 spiro atoms. The van der Waals surface area contributed by atoms with E-state index in [9.17, 15) is 9.59 Å². The minimum atomic E-state index is -0.977. The number of rotatable bonds is 5. The van der Waals surface area contributed by atoms with Crippen LogP contribution in [0.25, 0.3) is 0 Å². The summed E-state index contributed by atoms with van der Waals surface area (Å²) in [5.41, 5.74) is 0.864. The first-order chi connectivity index (χ1) is 8.06. The molecule has 0 atom stereocenters. The first kappa shape index (κ1) is 13.2. The number of aromatic carboxylic acids is 1. The number of carbonyl (C=O) groups excluding carboxylic acids is 1. The van der Waals surface area contributed by atoms with E-state index >= 15 is 0 Å². The number of amides is 1. The van der Waals surface area contributed by atoms with E-state index in [1.54, 1.807) is 32.3 Å². The number of likely N-dealkylation sites (N-methyl/N-ethyl adjacent to an activating group) is 2. The minimum Gasteiger partial charge on any atom is -0.478 e. The van der Waals surface area contributed by atoms with E-state index in [-0.39, 0.29) is 18.0 Å². The molecule has 0 aliphatic carbocycles. The molecule has 0 aliphatic heterocycles. The fourth-order valence-electron chi connectivity index (χ4n) is 1.50. The molecule has 1 aromatic rings. The SMILES string of the molecule is CNCC(=O)N(C)Cc1ccccc1C(=O)O. The Kier molecular flexibility index (Phi) is 4.66. The lowest BCUT2D eigenvalue weighted by Crippen LogP contribution is -2.34. The molecule has 0 aliphatic rings. The molecule has 5 heteroatoms. The maximum absolute atomic E-state index is 11.5. The molecule has 1 rings (SSSR count). The van der Waals surface area contributed by atoms with Crippen LogP contribution in [0.1, 0.15) is 15.9 Å². The van der Waals surface area contributed by atoms with Crippen molar-refractivity contribution in [2.75, 3.05) is 20.6 Å². The maximum atomic E-state index is 11.5. The van der Waals surface area contributed by atoms with Crippen molar-refractivity contribution < 1.29 is 14.7 Å². The number of nitrogens with one attached hydrogen (secondary N) is 1. The van der Waals surface area contributed by atoms with Gasteiger partial charge in [0, 0.05) is 13.6 Å². The summed E-state index contributed by atoms with van der Waals surface area (Å²) in [6.07, 6.45) is 0. The van der Waals surface area contributed by atoms with Gasteiger partial charge in [-0.05, 0) is 18.7 Å². The smallest absolute Gasteiger partial charge is 0.336 e. The van der Waals surface area contributed by atoms with Crippen LogP contribution in [0.4, 0.5) is 0 Å². The molecule has 17 heavy (non-hydrogen) atoms. The lowest BCUT2D eigenvalue weighted by atomic mass is 10.1. The number of hydrogen-bond acceptors (Lipinski definition) is 3. The Morgan fingerprint density at radius 3 is 2.59 bits per heavy atom. The Balaban J connectivity index is 2.81. The Hall–Kier alpha value is -1.88. The summed E-state index contributed by atoms with van der Waals surface area (Å²) in [5.74, 6) is -1.05. The number of carboxylic acids is 1. The highest BCUT2D eigenvalue weighted by Gasteiger charge is 2.13. The largest absolute Gasteiger partial charge is 0.478 e. The van der Waals surface area contributed by atoms with Crippen molar-refractivity contribution in [2.45, 2.75) is 6.54 Å². The zero-order valence-electron chi connectivity index (χ0n) is 9.93. The molecule has 0 radical (unpaired) electrons. The third-order valence-corrected chi connectivity index (χ3v) is 2.41. The average Bonchev–Trinajstić information content (AvgIpc) is 2.29. The van der Waals surface area contributed by atoms with E-state index in [0.717, 1.165) is 0 Å². The predicted octanol–water partition coefficient (Wildman–Crippen LogP) is 0.563. The second kappa shape index (κ2) is 6.00. The van der Waals surface area contributed by atoms with Crippen molar-refractivity contribution in [2.24, 2.45) is 0 Å². The Labute approximate surface area is 100 Å². The van der Waals surface area contributed by atoms with Gasteiger partial charge < -0.3 is 15.3 Å². The van der Waals surface area contributed by atoms with Crippen LogP contribution in [0.15, 0.2) is 24.3 Å². The maximum Gasteiger partial charge on any atom is 0.336 e. The van der Waals surface area contributed by atoms with Gasteiger partial charge in [-0.3, -0.25) is 4.79 Å². The van der Waals surface area contributed by atoms with Crippen molar-refractivity contribution in [1.82, 2.24) is 10.2 Å². The number of nitrogens with zero attached hydrogens (tertiary/aromatic N) is 1. The van der Waals surface area contributed by atoms with Crippen LogP contribution in [0, 0.1) is 0 Å². The van der Waals surface area contributed by atoms with Crippen molar-refractivity contribution in [3.8, 4) is 0 Å². The second-order valence-electron chi connectivity index (χ2n) is 3.74. The summed E-state index contributed by atoms with van der Waals surface area (Å²) in [5, 5.41) is 11.8. The molecule has 0 saturated carbocycles. The van der Waals surface area contributed by atoms with E-state index in [1.807, 2.05) is 0 Å². The normalized spacial score (nSPS) is 10.0. The van der Waals surface area contributed by atoms with E-state index in [2.05, 4.69) is 5.32 Å². The lowest BCUT2D eigenvalue weighted by molar-refractivity contribution is -0.129. The number of benzene rings is 1. The van der Waals surface area contributed by atoms with E-state index in [4.69, 9.17) is 5.11 Å². The van der Waals surface area contributed by atoms with Gasteiger partial charge in [-0.1, -0.05) is 18.2 Å². The Bertz CT molecular complexity index is 418. The monoisotopic (exact) mass is 236 g/mol. The molecule has 92 valence electrons. The average molecular weight is 236 g/mol. The van der Waals surface area contributed by atoms with E-state index in [0.29, 0.717) is 12.1 Å². The van der Waals surface area contributed by atoms with Gasteiger partial charge in [0.1, 0.15) is 0 Å². The standard InChI is InChI=1S/C12H16N2O3/c1-13-7-11(15)14(2)8-9-5-3-4-6-10(9)12(16)17/h3-6,13H,7-8H2,1-2H3,(H,16,17). The quantitative estimate of drug-likeness (QED) is 0.784. The van der Waals surface area contributed by atoms with Gasteiger partial charge in [0.25, 0.3) is 0 Å². The molecule has 0 aromatic heterocycles. The van der Waals surface area contributed by atoms with Crippen molar-refractivity contribution >= 4 is 11.9 Å². The van der Waals surface area contributed by atoms with Gasteiger partial charge in [0.05, 0.1) is 12.1 Å². The van der Waals surface area contributed by atoms with Gasteiger partial charge in [-0.25, -0.2) is 4.79 Å². The van der Waals surface area contributed by atoms with E-state index < -0.39 is 5.97 Å². The number of carboxylic acid groups (broad SMARTS) is 1. The van der Waals surface area contributed by atoms with Gasteiger partial charge >= 0.3 is 5.97 Å². The summed E-state index contributed by atoms with van der Waals surface area (Å²) in [6, 6.07) is 6.68. The summed E-state index contributed by atoms with van der Waals surface area (Å²) in [6.45, 7) is 0.536. The molecular weight excluding hydrogens is 220 g/mol. The minimum absolute atomic E-state index is 0.0762. The molecule has 1 aromatic carbocycles. The topological polar surface area (TPSA) is 69.6 Å². The zero-order valence-corrected chi connectivity index (χ0v) is 9.93. The molecule has 1 amide bonds. The highest BCUT2D eigenvalue weighted by Crippen LogP contribution is 2.11. The van der Waals surface area contributed by atoms with Gasteiger partial charge in [0.2, 0.25) is 5.91 Å². The summed E-state index contributed by atoms with van der Waals surface area (Å²) in [4.78, 5) is 24.0. The second-order valence-corrected chi connectivity index (χ2v) is 3.74. The zero-order chi connectivity index (χ0) is 12.8. The van der Waals surface area contributed by atoms with Crippen LogP contribution < -0.4 is 5.32 Å². The molecule has 0 fully saturated rings. The molecule has 0 bridgehead atoms. The Morgan fingerprint density at radius 1 is 1.35 bits per heavy atom. The van der Waals surface area contributed by atoms with Crippen LogP contribution in [-0.4, -0.2) is 42.5 Å². The van der Waals surface area contributed by atoms with Gasteiger partial charge in [0.15, 0.2) is 0 Å². The first-order valence-corrected chi connectivity index (χ1v) is 5.26. The predicted molar refractivity (Wildman–Crippen MR) is 63.8 cm³/mol. The van der Waals surface area contributed by atoms with Crippen LogP contribution in [0.2, 0.25) is 0 Å². The molecule has 0 unspecified atom stereocenters. The molecular formula is C12H16N2O3. The Morgan fingerprint density at radius 2 is 2.00 bits per heavy atom. The van der Waals surface area contributed by atoms with Crippen LogP contribution in [0.5, 0.6) is 0 Å². The third kappa shape index (κ3) is 3.57. The molecule has 5 nitrogen and oxygen atoms in total. The van der Waals surface area contributed by atoms with Crippen molar-refractivity contribution in [1.29, 1.82) is 0 Å². The highest BCUT2D eigenvalue weighted by atomic mass is 16.4. The van der Waals surface area contributed by atoms with Crippen molar-refractivity contribution in [3.05, 3.63) is 35.4 Å². The molecule has 0 saturated heterocycles. The van der Waals surface area contributed by atoms with Crippen LogP contribution in [-0.2, 0) is 11.3 Å². The summed E-state index contributed by atoms with van der Waals surface area (Å²) >= 11 is 0. The number of hydrogen-bond donors (Lipinski definition) is 2. The van der Waals surface area contributed by atoms with Gasteiger partial charge in [-0.2, -0.15) is 0 Å². The third-order valence-electron chi connectivity index (χ3n) is 2.41. The summed E-state index contributed by atoms with van der Waals surface area (Å²) in [7, 11) is 3.34. The number of carbonyl (C=O) groups is 2. The fraction of sp³-hybridized carbons (Fsp3) is 0.333. The molecule has 2 N–H and O–H groups in total. The lowest BCUT2D eigenvalue weighted by Gasteiger charge is -2.18. The van der Waals surface area contributed by atoms with E-state index in [1.165, 1.54) is 11.0 Å². The first-order valence-electron chi connectivity index (χ1n) is 5.26. The van der Waals surface area contributed by atoms with Crippen molar-refractivity contribution in [3.63, 3.8) is 0 Å². The highest BCUT2D eigenvalue weighted by molar-refractivity contribution is 5.89. The van der Waals surface area contributed by atoms with Gasteiger partial charge in [-0.15, -0.1) is 0 Å². The molecule has 0 heterocycles. The van der Waals surface area contributed by atoms with Crippen LogP contribution >= 0.6 is 0 Å². The van der Waals surface area contributed by atoms with Crippen LogP contribution in [0.3, 0.4) is 0 Å².